The van der Waals surface area contributed by atoms with Crippen LogP contribution in [-0.4, -0.2) is 40.6 Å². The van der Waals surface area contributed by atoms with E-state index in [1.807, 2.05) is 0 Å². The number of carbonyl (C=O) groups is 3. The molecule has 28 heavy (non-hydrogen) atoms. The maximum Gasteiger partial charge on any atom is 0.409 e. The molecule has 0 spiro atoms. The van der Waals surface area contributed by atoms with Crippen molar-refractivity contribution in [2.24, 2.45) is 0 Å². The van der Waals surface area contributed by atoms with Crippen LogP contribution in [0.25, 0.3) is 0 Å². The van der Waals surface area contributed by atoms with Gasteiger partial charge in [0.15, 0.2) is 6.17 Å². The molecule has 4 N–H and O–H groups in total. The third kappa shape index (κ3) is 8.15. The highest BCUT2D eigenvalue weighted by Crippen LogP contribution is 2.26. The number of alkyl carbamates (subject to hydrolysis) is 2. The number of carbonyl (C=O) groups excluding carboxylic acids is 3. The zero-order chi connectivity index (χ0) is 21.7. The summed E-state index contributed by atoms with van der Waals surface area (Å²) in [4.78, 5) is 36.8. The highest BCUT2D eigenvalue weighted by atomic mass is 16.6. The van der Waals surface area contributed by atoms with Crippen LogP contribution >= 0.6 is 0 Å². The molecule has 3 amide bonds. The Morgan fingerprint density at radius 2 is 1.39 bits per heavy atom. The third-order valence-electron chi connectivity index (χ3n) is 3.08. The number of phenolic OH excluding ortho intramolecular Hbond substituents is 1. The Morgan fingerprint density at radius 3 is 1.79 bits per heavy atom. The number of anilines is 1. The SMILES string of the molecule is Cc1cccc(O)c1NC(=O)C(NC(=O)OC(C)(C)C)NC(=O)OC(C)(C)C. The summed E-state index contributed by atoms with van der Waals surface area (Å²) in [5.41, 5.74) is -0.840. The van der Waals surface area contributed by atoms with Gasteiger partial charge in [-0.05, 0) is 60.1 Å². The van der Waals surface area contributed by atoms with Gasteiger partial charge in [-0.25, -0.2) is 9.59 Å². The fourth-order valence-electron chi connectivity index (χ4n) is 2.03. The highest BCUT2D eigenvalue weighted by Gasteiger charge is 2.28. The number of nitrogens with one attached hydrogen (secondary N) is 3. The Kier molecular flexibility index (Phi) is 7.26. The molecular weight excluding hydrogens is 366 g/mol. The molecule has 0 heterocycles. The summed E-state index contributed by atoms with van der Waals surface area (Å²) in [5, 5.41) is 17.0. The summed E-state index contributed by atoms with van der Waals surface area (Å²) < 4.78 is 10.3. The van der Waals surface area contributed by atoms with Crippen molar-refractivity contribution in [3.05, 3.63) is 23.8 Å². The smallest absolute Gasteiger partial charge is 0.409 e. The van der Waals surface area contributed by atoms with Gasteiger partial charge in [0.25, 0.3) is 5.91 Å². The van der Waals surface area contributed by atoms with Crippen molar-refractivity contribution in [1.82, 2.24) is 10.6 Å². The first-order chi connectivity index (χ1) is 12.7. The molecule has 9 nitrogen and oxygen atoms in total. The minimum absolute atomic E-state index is 0.151. The molecule has 9 heteroatoms. The number of para-hydroxylation sites is 1. The van der Waals surface area contributed by atoms with E-state index >= 15 is 0 Å². The van der Waals surface area contributed by atoms with E-state index in [4.69, 9.17) is 9.47 Å². The van der Waals surface area contributed by atoms with Gasteiger partial charge in [-0.3, -0.25) is 15.4 Å². The predicted molar refractivity (Wildman–Crippen MR) is 104 cm³/mol. The normalized spacial score (nSPS) is 11.6. The van der Waals surface area contributed by atoms with Crippen LogP contribution in [0.2, 0.25) is 0 Å². The molecule has 0 unspecified atom stereocenters. The fourth-order valence-corrected chi connectivity index (χ4v) is 2.03. The largest absolute Gasteiger partial charge is 0.506 e. The van der Waals surface area contributed by atoms with Gasteiger partial charge < -0.3 is 19.9 Å². The summed E-state index contributed by atoms with van der Waals surface area (Å²) in [6.07, 6.45) is -3.31. The van der Waals surface area contributed by atoms with Crippen molar-refractivity contribution in [3.63, 3.8) is 0 Å². The summed E-state index contributed by atoms with van der Waals surface area (Å²) in [7, 11) is 0. The van der Waals surface area contributed by atoms with E-state index in [1.165, 1.54) is 6.07 Å². The molecule has 0 fully saturated rings. The lowest BCUT2D eigenvalue weighted by Gasteiger charge is -2.25. The quantitative estimate of drug-likeness (QED) is 0.459. The topological polar surface area (TPSA) is 126 Å². The zero-order valence-corrected chi connectivity index (χ0v) is 17.3. The van der Waals surface area contributed by atoms with Crippen molar-refractivity contribution in [2.45, 2.75) is 65.8 Å². The number of hydrogen-bond donors (Lipinski definition) is 4. The van der Waals surface area contributed by atoms with Gasteiger partial charge in [-0.2, -0.15) is 0 Å². The van der Waals surface area contributed by atoms with Crippen LogP contribution in [0.3, 0.4) is 0 Å². The molecular formula is C19H29N3O6. The third-order valence-corrected chi connectivity index (χ3v) is 3.08. The Hall–Kier alpha value is -2.97. The average molecular weight is 395 g/mol. The van der Waals surface area contributed by atoms with Gasteiger partial charge in [0, 0.05) is 0 Å². The Balaban J connectivity index is 2.99. The van der Waals surface area contributed by atoms with E-state index in [2.05, 4.69) is 16.0 Å². The molecule has 0 aromatic heterocycles. The van der Waals surface area contributed by atoms with Crippen LogP contribution < -0.4 is 16.0 Å². The number of ether oxygens (including phenoxy) is 2. The number of aryl methyl sites for hydroxylation is 1. The van der Waals surface area contributed by atoms with Crippen LogP contribution in [0.15, 0.2) is 18.2 Å². The zero-order valence-electron chi connectivity index (χ0n) is 17.3. The van der Waals surface area contributed by atoms with Crippen LogP contribution in [-0.2, 0) is 14.3 Å². The lowest BCUT2D eigenvalue weighted by Crippen LogP contribution is -2.56. The maximum absolute atomic E-state index is 12.7. The molecule has 1 aromatic rings. The molecule has 0 saturated heterocycles. The van der Waals surface area contributed by atoms with Crippen molar-refractivity contribution in [2.75, 3.05) is 5.32 Å². The standard InChI is InChI=1S/C19H29N3O6/c1-11-9-8-10-12(23)13(11)20-15(24)14(21-16(25)27-18(2,3)4)22-17(26)28-19(5,6)7/h8-10,14,23H,1-7H3,(H,20,24)(H,21,25)(H,22,26). The summed E-state index contributed by atoms with van der Waals surface area (Å²) in [5.74, 6) is -0.942. The van der Waals surface area contributed by atoms with Crippen molar-refractivity contribution >= 4 is 23.8 Å². The number of phenols is 1. The second kappa shape index (κ2) is 8.81. The number of benzene rings is 1. The molecule has 0 saturated carbocycles. The second-order valence-electron chi connectivity index (χ2n) is 8.18. The van der Waals surface area contributed by atoms with Gasteiger partial charge >= 0.3 is 12.2 Å². The van der Waals surface area contributed by atoms with E-state index in [1.54, 1.807) is 60.6 Å². The first-order valence-electron chi connectivity index (χ1n) is 8.76. The molecule has 0 bridgehead atoms. The monoisotopic (exact) mass is 395 g/mol. The van der Waals surface area contributed by atoms with E-state index < -0.39 is 35.5 Å². The molecule has 0 aliphatic rings. The number of amides is 3. The van der Waals surface area contributed by atoms with Crippen molar-refractivity contribution in [3.8, 4) is 5.75 Å². The van der Waals surface area contributed by atoms with Gasteiger partial charge in [-0.15, -0.1) is 0 Å². The number of hydrogen-bond acceptors (Lipinski definition) is 6. The molecule has 0 aliphatic heterocycles. The van der Waals surface area contributed by atoms with Gasteiger partial charge in [0.2, 0.25) is 0 Å². The van der Waals surface area contributed by atoms with E-state index in [0.717, 1.165) is 0 Å². The molecule has 1 rings (SSSR count). The average Bonchev–Trinajstić information content (AvgIpc) is 2.46. The molecule has 156 valence electrons. The van der Waals surface area contributed by atoms with Gasteiger partial charge in [0.05, 0.1) is 5.69 Å². The van der Waals surface area contributed by atoms with Crippen molar-refractivity contribution < 1.29 is 29.0 Å². The molecule has 0 radical (unpaired) electrons. The molecule has 0 atom stereocenters. The lowest BCUT2D eigenvalue weighted by molar-refractivity contribution is -0.119. The Morgan fingerprint density at radius 1 is 0.929 bits per heavy atom. The fraction of sp³-hybridized carbons (Fsp3) is 0.526. The summed E-state index contributed by atoms with van der Waals surface area (Å²) >= 11 is 0. The Bertz CT molecular complexity index is 684. The van der Waals surface area contributed by atoms with Crippen LogP contribution in [0.5, 0.6) is 5.75 Å². The second-order valence-corrected chi connectivity index (χ2v) is 8.18. The minimum Gasteiger partial charge on any atom is -0.506 e. The summed E-state index contributed by atoms with van der Waals surface area (Å²) in [6.45, 7) is 11.7. The summed E-state index contributed by atoms with van der Waals surface area (Å²) in [6, 6.07) is 4.71. The van der Waals surface area contributed by atoms with Gasteiger partial charge in [0.1, 0.15) is 17.0 Å². The van der Waals surface area contributed by atoms with Crippen LogP contribution in [0, 0.1) is 6.92 Å². The Labute approximate surface area is 164 Å². The first-order valence-corrected chi connectivity index (χ1v) is 8.76. The minimum atomic E-state index is -1.50. The van der Waals surface area contributed by atoms with Gasteiger partial charge in [-0.1, -0.05) is 12.1 Å². The van der Waals surface area contributed by atoms with Crippen LogP contribution in [0.1, 0.15) is 47.1 Å². The molecule has 1 aromatic carbocycles. The van der Waals surface area contributed by atoms with Crippen LogP contribution in [0.4, 0.5) is 15.3 Å². The number of rotatable bonds is 4. The first kappa shape index (κ1) is 23.1. The highest BCUT2D eigenvalue weighted by molar-refractivity contribution is 5.99. The van der Waals surface area contributed by atoms with E-state index in [-0.39, 0.29) is 11.4 Å². The van der Waals surface area contributed by atoms with E-state index in [0.29, 0.717) is 5.56 Å². The van der Waals surface area contributed by atoms with E-state index in [9.17, 15) is 19.5 Å². The molecule has 0 aliphatic carbocycles. The maximum atomic E-state index is 12.7. The number of aromatic hydroxyl groups is 1. The predicted octanol–water partition coefficient (Wildman–Crippen LogP) is 3.01. The van der Waals surface area contributed by atoms with Crippen molar-refractivity contribution in [1.29, 1.82) is 0 Å². The lowest BCUT2D eigenvalue weighted by atomic mass is 10.2.